The molecular weight excluding hydrogens is 476 g/mol. The van der Waals surface area contributed by atoms with Crippen molar-refractivity contribution in [2.24, 2.45) is 11.8 Å². The number of β-amino-alcohol motifs (C(OH)–C–C–N with tert-alkyl or cyclic N) is 1. The highest BCUT2D eigenvalue weighted by Crippen LogP contribution is 2.66. The van der Waals surface area contributed by atoms with E-state index in [9.17, 15) is 19.5 Å². The lowest BCUT2D eigenvalue weighted by atomic mass is 9.71. The van der Waals surface area contributed by atoms with Gasteiger partial charge in [0.15, 0.2) is 0 Å². The predicted molar refractivity (Wildman–Crippen MR) is 133 cm³/mol. The molecule has 2 bridgehead atoms. The lowest BCUT2D eigenvalue weighted by Crippen LogP contribution is -2.55. The van der Waals surface area contributed by atoms with Gasteiger partial charge in [-0.05, 0) is 43.5 Å². The molecule has 1 spiro atoms. The summed E-state index contributed by atoms with van der Waals surface area (Å²) in [4.78, 5) is 43.8. The van der Waals surface area contributed by atoms with Crippen molar-refractivity contribution in [1.82, 2.24) is 4.90 Å². The van der Waals surface area contributed by atoms with Crippen LogP contribution in [-0.4, -0.2) is 70.1 Å². The highest BCUT2D eigenvalue weighted by atomic mass is 35.5. The molecule has 2 amide bonds. The van der Waals surface area contributed by atoms with Crippen LogP contribution in [0.2, 0.25) is 5.02 Å². The summed E-state index contributed by atoms with van der Waals surface area (Å²) in [6.45, 7) is 7.66. The molecule has 0 radical (unpaired) electrons. The first-order valence-corrected chi connectivity index (χ1v) is 12.7. The molecule has 0 saturated carbocycles. The lowest BCUT2D eigenvalue weighted by Gasteiger charge is -2.37. The first-order chi connectivity index (χ1) is 16.4. The third kappa shape index (κ3) is 4.06. The van der Waals surface area contributed by atoms with E-state index in [2.05, 4.69) is 13.2 Å². The van der Waals surface area contributed by atoms with E-state index in [1.54, 1.807) is 53.1 Å². The lowest BCUT2D eigenvalue weighted by molar-refractivity contribution is -0.154. The van der Waals surface area contributed by atoms with Crippen LogP contribution in [0, 0.1) is 11.8 Å². The molecule has 0 aliphatic carbocycles. The van der Waals surface area contributed by atoms with Crippen molar-refractivity contribution in [3.8, 4) is 0 Å². The Hall–Kier alpha value is -2.29. The number of halogens is 1. The van der Waals surface area contributed by atoms with Crippen LogP contribution < -0.4 is 4.90 Å². The van der Waals surface area contributed by atoms with Gasteiger partial charge in [0.25, 0.3) is 5.91 Å². The van der Waals surface area contributed by atoms with Gasteiger partial charge in [-0.1, -0.05) is 23.8 Å². The van der Waals surface area contributed by atoms with E-state index in [0.717, 1.165) is 6.42 Å². The van der Waals surface area contributed by atoms with Crippen molar-refractivity contribution in [3.63, 3.8) is 0 Å². The van der Waals surface area contributed by atoms with E-state index in [4.69, 9.17) is 16.3 Å². The third-order valence-electron chi connectivity index (χ3n) is 6.93. The van der Waals surface area contributed by atoms with Crippen molar-refractivity contribution in [2.75, 3.05) is 31.2 Å². The zero-order valence-corrected chi connectivity index (χ0v) is 20.5. The third-order valence-corrected chi connectivity index (χ3v) is 9.13. The van der Waals surface area contributed by atoms with Gasteiger partial charge in [-0.2, -0.15) is 0 Å². The van der Waals surface area contributed by atoms with Gasteiger partial charge < -0.3 is 19.6 Å². The molecule has 1 aromatic rings. The fraction of sp³-hybridized carbons (Fsp3) is 0.480. The average molecular weight is 505 g/mol. The maximum absolute atomic E-state index is 14.1. The minimum Gasteiger partial charge on any atom is -0.465 e. The van der Waals surface area contributed by atoms with Gasteiger partial charge in [-0.15, -0.1) is 24.9 Å². The minimum atomic E-state index is -0.797. The quantitative estimate of drug-likeness (QED) is 0.299. The predicted octanol–water partition coefficient (Wildman–Crippen LogP) is 3.06. The molecule has 3 aliphatic rings. The second-order valence-corrected chi connectivity index (χ2v) is 10.8. The Morgan fingerprint density at radius 1 is 1.29 bits per heavy atom. The number of benzene rings is 1. The van der Waals surface area contributed by atoms with Crippen LogP contribution in [0.15, 0.2) is 49.6 Å². The number of hydrogen-bond donors (Lipinski definition) is 1. The van der Waals surface area contributed by atoms with Crippen LogP contribution in [0.5, 0.6) is 0 Å². The van der Waals surface area contributed by atoms with E-state index in [-0.39, 0.29) is 43.4 Å². The highest BCUT2D eigenvalue weighted by Gasteiger charge is 2.74. The molecule has 3 saturated heterocycles. The van der Waals surface area contributed by atoms with Crippen molar-refractivity contribution in [2.45, 2.75) is 35.3 Å². The first-order valence-electron chi connectivity index (χ1n) is 11.4. The standard InChI is InChI=1S/C25H29ClN2O5S/c1-3-5-15-33-24(32)19-18-10-11-25(34-18)20(19)22(30)28(13-14-29)21(25)23(31)27(12-4-2)17-8-6-16(26)7-9-17/h3-4,6-9,18-21,29H,1-2,5,10-15H2/t18-,19+,20-,21?,25?/m0/s1. The van der Waals surface area contributed by atoms with Gasteiger partial charge in [-0.3, -0.25) is 14.4 Å². The Kier molecular flexibility index (Phi) is 7.40. The fourth-order valence-corrected chi connectivity index (χ4v) is 7.93. The summed E-state index contributed by atoms with van der Waals surface area (Å²) >= 11 is 7.61. The van der Waals surface area contributed by atoms with Crippen molar-refractivity contribution in [1.29, 1.82) is 0 Å². The second-order valence-electron chi connectivity index (χ2n) is 8.77. The first kappa shape index (κ1) is 24.8. The maximum atomic E-state index is 14.1. The topological polar surface area (TPSA) is 87.2 Å². The maximum Gasteiger partial charge on any atom is 0.310 e. The number of carbonyl (C=O) groups excluding carboxylic acids is 3. The van der Waals surface area contributed by atoms with E-state index in [0.29, 0.717) is 23.6 Å². The number of hydrogen-bond acceptors (Lipinski definition) is 6. The molecule has 3 fully saturated rings. The molecule has 1 N–H and O–H groups in total. The number of esters is 1. The smallest absolute Gasteiger partial charge is 0.310 e. The van der Waals surface area contributed by atoms with Gasteiger partial charge in [0, 0.05) is 29.0 Å². The van der Waals surface area contributed by atoms with E-state index in [1.807, 2.05) is 0 Å². The van der Waals surface area contributed by atoms with Gasteiger partial charge in [0.1, 0.15) is 6.04 Å². The van der Waals surface area contributed by atoms with Crippen LogP contribution in [-0.2, 0) is 19.1 Å². The van der Waals surface area contributed by atoms with Gasteiger partial charge in [0.2, 0.25) is 5.91 Å². The number of likely N-dealkylation sites (tertiary alicyclic amines) is 1. The Bertz CT molecular complexity index is 986. The van der Waals surface area contributed by atoms with Crippen LogP contribution in [0.25, 0.3) is 0 Å². The number of fused-ring (bicyclic) bond motifs is 1. The zero-order valence-electron chi connectivity index (χ0n) is 18.9. The average Bonchev–Trinajstić information content (AvgIpc) is 3.46. The van der Waals surface area contributed by atoms with Gasteiger partial charge in [-0.25, -0.2) is 0 Å². The number of nitrogens with zero attached hydrogens (tertiary/aromatic N) is 2. The number of thioether (sulfide) groups is 1. The highest BCUT2D eigenvalue weighted by molar-refractivity contribution is 8.02. The Morgan fingerprint density at radius 2 is 2.03 bits per heavy atom. The number of amides is 2. The minimum absolute atomic E-state index is 0.0273. The van der Waals surface area contributed by atoms with Crippen LogP contribution in [0.4, 0.5) is 5.69 Å². The number of anilines is 1. The summed E-state index contributed by atoms with van der Waals surface area (Å²) in [5.74, 6) is -2.15. The molecule has 3 aliphatic heterocycles. The summed E-state index contributed by atoms with van der Waals surface area (Å²) in [6.07, 6.45) is 5.22. The van der Waals surface area contributed by atoms with E-state index >= 15 is 0 Å². The van der Waals surface area contributed by atoms with Crippen molar-refractivity contribution >= 4 is 46.8 Å². The number of ether oxygens (including phenoxy) is 1. The molecular formula is C25H29ClN2O5S. The Balaban J connectivity index is 1.70. The number of carbonyl (C=O) groups is 3. The molecule has 4 rings (SSSR count). The molecule has 7 nitrogen and oxygen atoms in total. The number of aliphatic hydroxyl groups excluding tert-OH is 1. The van der Waals surface area contributed by atoms with E-state index in [1.165, 1.54) is 4.90 Å². The molecule has 2 unspecified atom stereocenters. The van der Waals surface area contributed by atoms with E-state index < -0.39 is 28.6 Å². The van der Waals surface area contributed by atoms with Crippen molar-refractivity contribution < 1.29 is 24.2 Å². The van der Waals surface area contributed by atoms with Crippen LogP contribution in [0.3, 0.4) is 0 Å². The molecule has 34 heavy (non-hydrogen) atoms. The van der Waals surface area contributed by atoms with Crippen molar-refractivity contribution in [3.05, 3.63) is 54.6 Å². The molecule has 9 heteroatoms. The molecule has 1 aromatic carbocycles. The summed E-state index contributed by atoms with van der Waals surface area (Å²) in [7, 11) is 0. The van der Waals surface area contributed by atoms with Gasteiger partial charge >= 0.3 is 5.97 Å². The molecule has 3 heterocycles. The molecule has 5 atom stereocenters. The Labute approximate surface area is 208 Å². The largest absolute Gasteiger partial charge is 0.465 e. The SMILES string of the molecule is C=CCCOC(=O)[C@@H]1[C@@H]2CCC3(S2)C(C(=O)N(CC=C)c2ccc(Cl)cc2)N(CCO)C(=O)[C@H]13. The van der Waals surface area contributed by atoms with Gasteiger partial charge in [0.05, 0.1) is 29.8 Å². The zero-order chi connectivity index (χ0) is 24.5. The fourth-order valence-electron chi connectivity index (χ4n) is 5.61. The normalized spacial score (nSPS) is 29.1. The molecule has 182 valence electrons. The summed E-state index contributed by atoms with van der Waals surface area (Å²) < 4.78 is 4.73. The van der Waals surface area contributed by atoms with Crippen LogP contribution >= 0.6 is 23.4 Å². The Morgan fingerprint density at radius 3 is 2.68 bits per heavy atom. The molecule has 0 aromatic heterocycles. The monoisotopic (exact) mass is 504 g/mol. The summed E-state index contributed by atoms with van der Waals surface area (Å²) in [5, 5.41) is 10.2. The number of aliphatic hydroxyl groups is 1. The summed E-state index contributed by atoms with van der Waals surface area (Å²) in [5.41, 5.74) is 0.642. The number of rotatable bonds is 10. The second kappa shape index (κ2) is 10.1. The van der Waals surface area contributed by atoms with Crippen LogP contribution in [0.1, 0.15) is 19.3 Å². The summed E-state index contributed by atoms with van der Waals surface area (Å²) in [6, 6.07) is 6.12.